The van der Waals surface area contributed by atoms with Gasteiger partial charge in [-0.1, -0.05) is 33.8 Å². The average molecular weight is 481 g/mol. The van der Waals surface area contributed by atoms with Crippen LogP contribution in [0.15, 0.2) is 75.4 Å². The molecule has 3 N–H and O–H groups in total. The number of hydrogen-bond donors (Lipinski definition) is 2. The minimum atomic E-state index is -3.83. The first kappa shape index (κ1) is 20.6. The lowest BCUT2D eigenvalue weighted by Gasteiger charge is -2.13. The van der Waals surface area contributed by atoms with Gasteiger partial charge in [-0.2, -0.15) is 0 Å². The highest BCUT2D eigenvalue weighted by atomic mass is 79.9. The van der Waals surface area contributed by atoms with E-state index in [1.165, 1.54) is 30.0 Å². The summed E-state index contributed by atoms with van der Waals surface area (Å²) < 4.78 is 25.8. The second-order valence-electron chi connectivity index (χ2n) is 5.88. The predicted molar refractivity (Wildman–Crippen MR) is 113 cm³/mol. The molecular formula is C18H17BrN4O3S2. The quantitative estimate of drug-likeness (QED) is 0.525. The van der Waals surface area contributed by atoms with E-state index in [2.05, 4.69) is 26.2 Å². The van der Waals surface area contributed by atoms with Crippen LogP contribution in [0.2, 0.25) is 0 Å². The summed E-state index contributed by atoms with van der Waals surface area (Å²) in [6.07, 6.45) is 3.50. The zero-order valence-corrected chi connectivity index (χ0v) is 18.0. The Hall–Kier alpha value is -2.14. The third kappa shape index (κ3) is 5.02. The summed E-state index contributed by atoms with van der Waals surface area (Å²) in [5.74, 6) is -0.276. The minimum Gasteiger partial charge on any atom is -0.325 e. The van der Waals surface area contributed by atoms with E-state index in [-0.39, 0.29) is 10.8 Å². The number of carbonyl (C=O) groups excluding carboxylic acids is 1. The second-order valence-corrected chi connectivity index (χ2v) is 9.66. The predicted octanol–water partition coefficient (Wildman–Crippen LogP) is 3.40. The van der Waals surface area contributed by atoms with E-state index < -0.39 is 15.3 Å². The van der Waals surface area contributed by atoms with Crippen LogP contribution in [-0.4, -0.2) is 29.1 Å². The molecule has 0 fully saturated rings. The number of nitrogens with zero attached hydrogens (tertiary/aromatic N) is 2. The van der Waals surface area contributed by atoms with Crippen LogP contribution in [0.3, 0.4) is 0 Å². The van der Waals surface area contributed by atoms with Gasteiger partial charge in [0.05, 0.1) is 10.1 Å². The number of anilines is 1. The third-order valence-corrected chi connectivity index (χ3v) is 6.31. The Morgan fingerprint density at radius 1 is 1.25 bits per heavy atom. The highest BCUT2D eigenvalue weighted by Gasteiger charge is 2.18. The van der Waals surface area contributed by atoms with Crippen molar-refractivity contribution < 1.29 is 13.2 Å². The number of carbonyl (C=O) groups is 1. The highest BCUT2D eigenvalue weighted by Crippen LogP contribution is 2.26. The molecule has 1 amide bonds. The van der Waals surface area contributed by atoms with Crippen LogP contribution in [0.5, 0.6) is 0 Å². The maximum atomic E-state index is 12.5. The fraction of sp³-hybridized carbons (Fsp3) is 0.111. The molecule has 1 atom stereocenters. The van der Waals surface area contributed by atoms with E-state index >= 15 is 0 Å². The van der Waals surface area contributed by atoms with E-state index in [0.29, 0.717) is 10.8 Å². The van der Waals surface area contributed by atoms with Gasteiger partial charge in [0.15, 0.2) is 5.16 Å². The lowest BCUT2D eigenvalue weighted by atomic mass is 10.3. The fourth-order valence-corrected chi connectivity index (χ4v) is 4.09. The molecule has 0 saturated carbocycles. The summed E-state index contributed by atoms with van der Waals surface area (Å²) in [6, 6.07) is 13.6. The molecule has 146 valence electrons. The molecule has 10 heteroatoms. The van der Waals surface area contributed by atoms with Gasteiger partial charge in [0, 0.05) is 28.2 Å². The summed E-state index contributed by atoms with van der Waals surface area (Å²) in [4.78, 5) is 16.8. The van der Waals surface area contributed by atoms with Gasteiger partial charge in [0.25, 0.3) is 0 Å². The van der Waals surface area contributed by atoms with Crippen molar-refractivity contribution in [1.29, 1.82) is 0 Å². The lowest BCUT2D eigenvalue weighted by molar-refractivity contribution is -0.115. The molecule has 1 heterocycles. The number of imidazole rings is 1. The van der Waals surface area contributed by atoms with Crippen molar-refractivity contribution in [3.63, 3.8) is 0 Å². The van der Waals surface area contributed by atoms with E-state index in [4.69, 9.17) is 5.14 Å². The second kappa shape index (κ2) is 8.48. The molecule has 0 radical (unpaired) electrons. The maximum Gasteiger partial charge on any atom is 0.238 e. The molecule has 0 saturated heterocycles. The van der Waals surface area contributed by atoms with Crippen LogP contribution in [0, 0.1) is 0 Å². The Morgan fingerprint density at radius 2 is 1.96 bits per heavy atom. The van der Waals surface area contributed by atoms with Crippen molar-refractivity contribution in [2.75, 3.05) is 5.32 Å². The van der Waals surface area contributed by atoms with Gasteiger partial charge in [0.2, 0.25) is 15.9 Å². The lowest BCUT2D eigenvalue weighted by Crippen LogP contribution is -2.23. The van der Waals surface area contributed by atoms with Gasteiger partial charge >= 0.3 is 0 Å². The number of benzene rings is 2. The molecule has 1 unspecified atom stereocenters. The summed E-state index contributed by atoms with van der Waals surface area (Å²) in [6.45, 7) is 1.75. The van der Waals surface area contributed by atoms with Crippen LogP contribution < -0.4 is 10.5 Å². The van der Waals surface area contributed by atoms with Crippen LogP contribution in [0.4, 0.5) is 5.69 Å². The molecular weight excluding hydrogens is 464 g/mol. The topological polar surface area (TPSA) is 107 Å². The number of rotatable bonds is 6. The summed E-state index contributed by atoms with van der Waals surface area (Å²) in [5.41, 5.74) is 1.29. The number of amides is 1. The molecule has 7 nitrogen and oxygen atoms in total. The van der Waals surface area contributed by atoms with Crippen LogP contribution in [0.1, 0.15) is 6.92 Å². The Kier molecular flexibility index (Phi) is 6.23. The molecule has 28 heavy (non-hydrogen) atoms. The Bertz CT molecular complexity index is 1100. The minimum absolute atomic E-state index is 0.0589. The molecule has 0 aliphatic carbocycles. The highest BCUT2D eigenvalue weighted by molar-refractivity contribution is 9.10. The van der Waals surface area contributed by atoms with Gasteiger partial charge in [-0.15, -0.1) is 0 Å². The van der Waals surface area contributed by atoms with E-state index in [0.717, 1.165) is 10.2 Å². The van der Waals surface area contributed by atoms with Gasteiger partial charge in [-0.3, -0.25) is 9.36 Å². The number of hydrogen-bond acceptors (Lipinski definition) is 5. The first-order valence-corrected chi connectivity index (χ1v) is 11.4. The van der Waals surface area contributed by atoms with Crippen molar-refractivity contribution in [1.82, 2.24) is 9.55 Å². The number of thioether (sulfide) groups is 1. The fourth-order valence-electron chi connectivity index (χ4n) is 2.38. The first-order valence-electron chi connectivity index (χ1n) is 8.14. The number of nitrogens with one attached hydrogen (secondary N) is 1. The Labute approximate surface area is 175 Å². The van der Waals surface area contributed by atoms with Crippen LogP contribution in [0.25, 0.3) is 5.69 Å². The van der Waals surface area contributed by atoms with Gasteiger partial charge in [0.1, 0.15) is 0 Å². The SMILES string of the molecule is CC(Sc1nccn1-c1ccc(Br)cc1)C(=O)Nc1cccc(S(N)(=O)=O)c1. The van der Waals surface area contributed by atoms with E-state index in [1.807, 2.05) is 35.0 Å². The van der Waals surface area contributed by atoms with Gasteiger partial charge < -0.3 is 5.32 Å². The first-order chi connectivity index (χ1) is 13.2. The molecule has 0 aliphatic heterocycles. The zero-order chi connectivity index (χ0) is 20.3. The number of sulfonamides is 1. The summed E-state index contributed by atoms with van der Waals surface area (Å²) in [5, 5.41) is 8.05. The average Bonchev–Trinajstić information content (AvgIpc) is 3.10. The van der Waals surface area contributed by atoms with Crippen molar-refractivity contribution >= 4 is 49.3 Å². The number of nitrogens with two attached hydrogens (primary N) is 1. The van der Waals surface area contributed by atoms with E-state index in [1.54, 1.807) is 19.2 Å². The standard InChI is InChI=1S/C18H17BrN4O3S2/c1-12(17(24)22-14-3-2-4-16(11-14)28(20,25)26)27-18-21-9-10-23(18)15-7-5-13(19)6-8-15/h2-12H,1H3,(H,22,24)(H2,20,25,26). The van der Waals surface area contributed by atoms with Crippen molar-refractivity contribution in [3.8, 4) is 5.69 Å². The number of primary sulfonamides is 1. The smallest absolute Gasteiger partial charge is 0.238 e. The Balaban J connectivity index is 1.72. The molecule has 0 spiro atoms. The molecule has 0 aliphatic rings. The van der Waals surface area contributed by atoms with Crippen molar-refractivity contribution in [2.45, 2.75) is 22.2 Å². The number of aromatic nitrogens is 2. The molecule has 0 bridgehead atoms. The van der Waals surface area contributed by atoms with Gasteiger partial charge in [-0.05, 0) is 49.4 Å². The molecule has 3 rings (SSSR count). The maximum absolute atomic E-state index is 12.5. The monoisotopic (exact) mass is 480 g/mol. The normalized spacial score (nSPS) is 12.5. The zero-order valence-electron chi connectivity index (χ0n) is 14.7. The van der Waals surface area contributed by atoms with Crippen LogP contribution in [-0.2, 0) is 14.8 Å². The van der Waals surface area contributed by atoms with Crippen molar-refractivity contribution in [3.05, 3.63) is 65.4 Å². The summed E-state index contributed by atoms with van der Waals surface area (Å²) >= 11 is 4.71. The number of halogens is 1. The molecule has 3 aromatic rings. The van der Waals surface area contributed by atoms with Crippen molar-refractivity contribution in [2.24, 2.45) is 5.14 Å². The van der Waals surface area contributed by atoms with Crippen LogP contribution >= 0.6 is 27.7 Å². The largest absolute Gasteiger partial charge is 0.325 e. The Morgan fingerprint density at radius 3 is 2.64 bits per heavy atom. The summed E-state index contributed by atoms with van der Waals surface area (Å²) in [7, 11) is -3.83. The van der Waals surface area contributed by atoms with Gasteiger partial charge in [-0.25, -0.2) is 18.5 Å². The van der Waals surface area contributed by atoms with E-state index in [9.17, 15) is 13.2 Å². The molecule has 2 aromatic carbocycles. The molecule has 1 aromatic heterocycles. The third-order valence-electron chi connectivity index (χ3n) is 3.79.